The quantitative estimate of drug-likeness (QED) is 0.363. The lowest BCUT2D eigenvalue weighted by molar-refractivity contribution is -0.384. The van der Waals surface area contributed by atoms with Crippen LogP contribution < -0.4 is 5.32 Å². The summed E-state index contributed by atoms with van der Waals surface area (Å²) in [6.07, 6.45) is 0. The summed E-state index contributed by atoms with van der Waals surface area (Å²) in [4.78, 5) is 34.1. The van der Waals surface area contributed by atoms with Gasteiger partial charge < -0.3 is 10.1 Å². The molecule has 0 aromatic heterocycles. The molecule has 2 aromatic carbocycles. The minimum Gasteiger partial charge on any atom is -0.452 e. The van der Waals surface area contributed by atoms with Crippen LogP contribution in [0.25, 0.3) is 0 Å². The Bertz CT molecular complexity index is 1020. The Balaban J connectivity index is 1.94. The number of anilines is 1. The number of nitrogens with one attached hydrogen (secondary N) is 1. The van der Waals surface area contributed by atoms with Crippen LogP contribution in [0.1, 0.15) is 24.2 Å². The third-order valence-corrected chi connectivity index (χ3v) is 6.19. The van der Waals surface area contributed by atoms with Crippen molar-refractivity contribution in [2.24, 2.45) is 0 Å². The summed E-state index contributed by atoms with van der Waals surface area (Å²) in [6, 6.07) is 10.4. The predicted molar refractivity (Wildman–Crippen MR) is 109 cm³/mol. The molecule has 160 valence electrons. The second kappa shape index (κ2) is 9.94. The number of hydrogen-bond donors (Lipinski definition) is 1. The van der Waals surface area contributed by atoms with Gasteiger partial charge >= 0.3 is 5.97 Å². The topological polar surface area (TPSA) is 136 Å². The van der Waals surface area contributed by atoms with Crippen molar-refractivity contribution in [1.82, 2.24) is 4.31 Å². The standard InChI is InChI=1S/C19H21N3O7S/c1-3-21(4-2)30(27,28)17-11-5-14(6-12-17)19(24)29-13-18(23)20-15-7-9-16(10-8-15)22(25)26/h5-12H,3-4,13H2,1-2H3,(H,20,23). The lowest BCUT2D eigenvalue weighted by Gasteiger charge is -2.18. The number of nitro benzene ring substituents is 1. The van der Waals surface area contributed by atoms with E-state index in [2.05, 4.69) is 5.32 Å². The molecule has 30 heavy (non-hydrogen) atoms. The zero-order chi connectivity index (χ0) is 22.3. The first-order valence-electron chi connectivity index (χ1n) is 9.00. The Labute approximate surface area is 173 Å². The van der Waals surface area contributed by atoms with Crippen LogP contribution in [-0.2, 0) is 19.6 Å². The normalized spacial score (nSPS) is 11.2. The Morgan fingerprint density at radius 3 is 2.10 bits per heavy atom. The Morgan fingerprint density at radius 1 is 1.03 bits per heavy atom. The molecule has 0 saturated carbocycles. The number of benzene rings is 2. The Hall–Kier alpha value is -3.31. The van der Waals surface area contributed by atoms with E-state index in [1.807, 2.05) is 0 Å². The Kier molecular flexibility index (Phi) is 7.61. The number of sulfonamides is 1. The number of amides is 1. The van der Waals surface area contributed by atoms with Gasteiger partial charge in [0.25, 0.3) is 11.6 Å². The fourth-order valence-corrected chi connectivity index (χ4v) is 4.01. The van der Waals surface area contributed by atoms with Crippen LogP contribution in [-0.4, -0.2) is 49.2 Å². The maximum Gasteiger partial charge on any atom is 0.338 e. The minimum absolute atomic E-state index is 0.0543. The number of nitro groups is 1. The molecule has 2 rings (SSSR count). The van der Waals surface area contributed by atoms with Gasteiger partial charge in [-0.25, -0.2) is 13.2 Å². The second-order valence-electron chi connectivity index (χ2n) is 6.04. The van der Waals surface area contributed by atoms with E-state index in [-0.39, 0.29) is 16.1 Å². The molecule has 0 unspecified atom stereocenters. The first-order valence-corrected chi connectivity index (χ1v) is 10.4. The summed E-state index contributed by atoms with van der Waals surface area (Å²) >= 11 is 0. The molecule has 0 heterocycles. The summed E-state index contributed by atoms with van der Waals surface area (Å²) in [5, 5.41) is 13.1. The van der Waals surface area contributed by atoms with Crippen LogP contribution in [0.5, 0.6) is 0 Å². The highest BCUT2D eigenvalue weighted by molar-refractivity contribution is 7.89. The predicted octanol–water partition coefficient (Wildman–Crippen LogP) is 2.42. The number of hydrogen-bond acceptors (Lipinski definition) is 7. The van der Waals surface area contributed by atoms with Crippen molar-refractivity contribution < 1.29 is 27.7 Å². The molecule has 0 radical (unpaired) electrons. The molecule has 0 aliphatic carbocycles. The average Bonchev–Trinajstić information content (AvgIpc) is 2.73. The van der Waals surface area contributed by atoms with Crippen LogP contribution in [0.15, 0.2) is 53.4 Å². The van der Waals surface area contributed by atoms with Gasteiger partial charge in [0.15, 0.2) is 6.61 Å². The van der Waals surface area contributed by atoms with E-state index in [1.165, 1.54) is 52.8 Å². The number of non-ortho nitro benzene ring substituents is 1. The van der Waals surface area contributed by atoms with Crippen molar-refractivity contribution in [3.05, 3.63) is 64.2 Å². The maximum absolute atomic E-state index is 12.4. The van der Waals surface area contributed by atoms with Gasteiger partial charge in [0.2, 0.25) is 10.0 Å². The third kappa shape index (κ3) is 5.61. The average molecular weight is 435 g/mol. The van der Waals surface area contributed by atoms with Crippen LogP contribution in [0.2, 0.25) is 0 Å². The zero-order valence-corrected chi connectivity index (χ0v) is 17.2. The number of esters is 1. The van der Waals surface area contributed by atoms with E-state index in [0.717, 1.165) is 0 Å². The molecule has 0 bridgehead atoms. The fraction of sp³-hybridized carbons (Fsp3) is 0.263. The van der Waals surface area contributed by atoms with Gasteiger partial charge in [-0.05, 0) is 36.4 Å². The molecule has 0 atom stereocenters. The molecule has 2 aromatic rings. The van der Waals surface area contributed by atoms with Gasteiger partial charge in [0, 0.05) is 30.9 Å². The molecular weight excluding hydrogens is 414 g/mol. The van der Waals surface area contributed by atoms with Gasteiger partial charge in [-0.15, -0.1) is 0 Å². The van der Waals surface area contributed by atoms with Gasteiger partial charge in [-0.2, -0.15) is 4.31 Å². The number of carbonyl (C=O) groups excluding carboxylic acids is 2. The van der Waals surface area contributed by atoms with Crippen LogP contribution in [0, 0.1) is 10.1 Å². The van der Waals surface area contributed by atoms with E-state index in [1.54, 1.807) is 13.8 Å². The molecule has 0 fully saturated rings. The highest BCUT2D eigenvalue weighted by Crippen LogP contribution is 2.17. The molecule has 0 spiro atoms. The highest BCUT2D eigenvalue weighted by Gasteiger charge is 2.22. The molecule has 0 aliphatic heterocycles. The number of nitrogens with zero attached hydrogens (tertiary/aromatic N) is 2. The van der Waals surface area contributed by atoms with E-state index in [0.29, 0.717) is 18.8 Å². The van der Waals surface area contributed by atoms with Gasteiger partial charge in [0.1, 0.15) is 0 Å². The van der Waals surface area contributed by atoms with E-state index in [4.69, 9.17) is 4.74 Å². The summed E-state index contributed by atoms with van der Waals surface area (Å²) < 4.78 is 31.1. The second-order valence-corrected chi connectivity index (χ2v) is 7.98. The van der Waals surface area contributed by atoms with E-state index >= 15 is 0 Å². The lowest BCUT2D eigenvalue weighted by Crippen LogP contribution is -2.30. The monoisotopic (exact) mass is 435 g/mol. The summed E-state index contributed by atoms with van der Waals surface area (Å²) in [7, 11) is -3.64. The molecule has 1 amide bonds. The Morgan fingerprint density at radius 2 is 1.60 bits per heavy atom. The van der Waals surface area contributed by atoms with Crippen molar-refractivity contribution in [1.29, 1.82) is 0 Å². The van der Waals surface area contributed by atoms with Crippen molar-refractivity contribution in [2.75, 3.05) is 25.0 Å². The van der Waals surface area contributed by atoms with Crippen molar-refractivity contribution in [3.8, 4) is 0 Å². The highest BCUT2D eigenvalue weighted by atomic mass is 32.2. The molecular formula is C19H21N3O7S. The minimum atomic E-state index is -3.64. The van der Waals surface area contributed by atoms with Gasteiger partial charge in [-0.3, -0.25) is 14.9 Å². The number of carbonyl (C=O) groups is 2. The number of ether oxygens (including phenoxy) is 1. The summed E-state index contributed by atoms with van der Waals surface area (Å²) in [5.41, 5.74) is 0.287. The fourth-order valence-electron chi connectivity index (χ4n) is 2.55. The number of rotatable bonds is 9. The summed E-state index contributed by atoms with van der Waals surface area (Å²) in [6.45, 7) is 3.54. The molecule has 1 N–H and O–H groups in total. The largest absolute Gasteiger partial charge is 0.452 e. The van der Waals surface area contributed by atoms with Crippen molar-refractivity contribution in [2.45, 2.75) is 18.7 Å². The first kappa shape index (κ1) is 23.0. The molecule has 11 heteroatoms. The van der Waals surface area contributed by atoms with Crippen LogP contribution in [0.4, 0.5) is 11.4 Å². The first-order chi connectivity index (χ1) is 14.2. The van der Waals surface area contributed by atoms with Crippen LogP contribution >= 0.6 is 0 Å². The summed E-state index contributed by atoms with van der Waals surface area (Å²) in [5.74, 6) is -1.42. The SMILES string of the molecule is CCN(CC)S(=O)(=O)c1ccc(C(=O)OCC(=O)Nc2ccc([N+](=O)[O-])cc2)cc1. The zero-order valence-electron chi connectivity index (χ0n) is 16.4. The third-order valence-electron chi connectivity index (χ3n) is 4.13. The van der Waals surface area contributed by atoms with E-state index < -0.39 is 33.4 Å². The maximum atomic E-state index is 12.4. The van der Waals surface area contributed by atoms with Crippen molar-refractivity contribution in [3.63, 3.8) is 0 Å². The molecule has 10 nitrogen and oxygen atoms in total. The van der Waals surface area contributed by atoms with Crippen molar-refractivity contribution >= 4 is 33.3 Å². The van der Waals surface area contributed by atoms with Crippen LogP contribution in [0.3, 0.4) is 0 Å². The van der Waals surface area contributed by atoms with Gasteiger partial charge in [0.05, 0.1) is 15.4 Å². The smallest absolute Gasteiger partial charge is 0.338 e. The molecule has 0 aliphatic rings. The van der Waals surface area contributed by atoms with Gasteiger partial charge in [-0.1, -0.05) is 13.8 Å². The van der Waals surface area contributed by atoms with E-state index in [9.17, 15) is 28.1 Å². The lowest BCUT2D eigenvalue weighted by atomic mass is 10.2. The molecule has 0 saturated heterocycles.